The van der Waals surface area contributed by atoms with Crippen LogP contribution in [-0.4, -0.2) is 15.8 Å². The van der Waals surface area contributed by atoms with Gasteiger partial charge < -0.3 is 5.32 Å². The van der Waals surface area contributed by atoms with Gasteiger partial charge in [0, 0.05) is 36.3 Å². The summed E-state index contributed by atoms with van der Waals surface area (Å²) in [5.74, 6) is 0.790. The molecule has 0 saturated heterocycles. The van der Waals surface area contributed by atoms with Crippen LogP contribution < -0.4 is 5.32 Å². The molecule has 1 fully saturated rings. The minimum Gasteiger partial charge on any atom is -0.310 e. The molecule has 0 atom stereocenters. The smallest absolute Gasteiger partial charge is 0.0537 e. The molecule has 16 heavy (non-hydrogen) atoms. The van der Waals surface area contributed by atoms with E-state index >= 15 is 0 Å². The normalized spacial score (nSPS) is 16.0. The first kappa shape index (κ1) is 11.6. The van der Waals surface area contributed by atoms with E-state index in [1.54, 1.807) is 0 Å². The molecule has 2 rings (SSSR count). The Labute approximate surface area is 98.2 Å². The summed E-state index contributed by atoms with van der Waals surface area (Å²) in [6.07, 6.45) is 5.92. The van der Waals surface area contributed by atoms with Crippen LogP contribution in [-0.2, 0) is 13.1 Å². The summed E-state index contributed by atoms with van der Waals surface area (Å²) in [7, 11) is 0. The van der Waals surface area contributed by atoms with Gasteiger partial charge in [-0.15, -0.1) is 0 Å². The molecule has 1 aromatic rings. The monoisotopic (exact) mass is 221 g/mol. The van der Waals surface area contributed by atoms with Gasteiger partial charge in [0.1, 0.15) is 0 Å². The molecule has 1 saturated carbocycles. The quantitative estimate of drug-likeness (QED) is 0.800. The zero-order valence-corrected chi connectivity index (χ0v) is 10.7. The van der Waals surface area contributed by atoms with E-state index in [-0.39, 0.29) is 0 Å². The van der Waals surface area contributed by atoms with E-state index < -0.39 is 0 Å². The highest BCUT2D eigenvalue weighted by Crippen LogP contribution is 2.41. The highest BCUT2D eigenvalue weighted by Gasteiger charge is 2.29. The van der Waals surface area contributed by atoms with Crippen molar-refractivity contribution in [1.82, 2.24) is 15.1 Å². The van der Waals surface area contributed by atoms with Gasteiger partial charge in [-0.25, -0.2) is 0 Å². The van der Waals surface area contributed by atoms with E-state index in [2.05, 4.69) is 42.1 Å². The molecule has 0 amide bonds. The first-order valence-electron chi connectivity index (χ1n) is 6.50. The largest absolute Gasteiger partial charge is 0.310 e. The predicted molar refractivity (Wildman–Crippen MR) is 66.5 cm³/mol. The number of nitrogens with one attached hydrogen (secondary N) is 1. The van der Waals surface area contributed by atoms with Crippen molar-refractivity contribution in [3.63, 3.8) is 0 Å². The highest BCUT2D eigenvalue weighted by molar-refractivity contribution is 5.25. The number of rotatable bonds is 6. The van der Waals surface area contributed by atoms with E-state index in [0.29, 0.717) is 6.04 Å². The van der Waals surface area contributed by atoms with Gasteiger partial charge in [0.25, 0.3) is 0 Å². The zero-order chi connectivity index (χ0) is 11.5. The molecule has 0 radical (unpaired) electrons. The lowest BCUT2D eigenvalue weighted by Crippen LogP contribution is -2.22. The molecule has 1 aliphatic carbocycles. The standard InChI is InChI=1S/C13H23N3/c1-4-7-16-13(11-5-6-11)12(9-15-16)8-14-10(2)3/h9-11,14H,4-8H2,1-3H3. The average molecular weight is 221 g/mol. The third kappa shape index (κ3) is 2.64. The maximum Gasteiger partial charge on any atom is 0.0537 e. The molecule has 90 valence electrons. The minimum atomic E-state index is 0.543. The first-order chi connectivity index (χ1) is 7.72. The van der Waals surface area contributed by atoms with E-state index in [1.807, 2.05) is 0 Å². The van der Waals surface area contributed by atoms with Crippen LogP contribution in [0.2, 0.25) is 0 Å². The van der Waals surface area contributed by atoms with Crippen LogP contribution in [0.25, 0.3) is 0 Å². The molecule has 3 nitrogen and oxygen atoms in total. The molecule has 1 aromatic heterocycles. The Morgan fingerprint density at radius 1 is 1.50 bits per heavy atom. The second-order valence-electron chi connectivity index (χ2n) is 5.09. The summed E-state index contributed by atoms with van der Waals surface area (Å²) in [6, 6.07) is 0.543. The van der Waals surface area contributed by atoms with Crippen LogP contribution in [0.4, 0.5) is 0 Å². The fourth-order valence-electron chi connectivity index (χ4n) is 2.10. The van der Waals surface area contributed by atoms with Crippen LogP contribution >= 0.6 is 0 Å². The van der Waals surface area contributed by atoms with Crippen LogP contribution in [0.5, 0.6) is 0 Å². The summed E-state index contributed by atoms with van der Waals surface area (Å²) in [4.78, 5) is 0. The Morgan fingerprint density at radius 2 is 2.25 bits per heavy atom. The summed E-state index contributed by atoms with van der Waals surface area (Å²) >= 11 is 0. The summed E-state index contributed by atoms with van der Waals surface area (Å²) < 4.78 is 2.22. The van der Waals surface area contributed by atoms with E-state index in [4.69, 9.17) is 0 Å². The summed E-state index contributed by atoms with van der Waals surface area (Å²) in [5.41, 5.74) is 2.90. The number of hydrogen-bond acceptors (Lipinski definition) is 2. The van der Waals surface area contributed by atoms with Gasteiger partial charge in [-0.1, -0.05) is 20.8 Å². The summed E-state index contributed by atoms with van der Waals surface area (Å²) in [5, 5.41) is 8.01. The van der Waals surface area contributed by atoms with Gasteiger partial charge in [0.05, 0.1) is 6.20 Å². The zero-order valence-electron chi connectivity index (χ0n) is 10.7. The Balaban J connectivity index is 2.10. The van der Waals surface area contributed by atoms with E-state index in [9.17, 15) is 0 Å². The van der Waals surface area contributed by atoms with E-state index in [1.165, 1.54) is 30.5 Å². The number of hydrogen-bond donors (Lipinski definition) is 1. The number of aryl methyl sites for hydroxylation is 1. The molecule has 0 bridgehead atoms. The predicted octanol–water partition coefficient (Wildman–Crippen LogP) is 2.67. The van der Waals surface area contributed by atoms with Gasteiger partial charge in [-0.05, 0) is 19.3 Å². The van der Waals surface area contributed by atoms with Crippen LogP contribution in [0.3, 0.4) is 0 Å². The molecule has 0 aromatic carbocycles. The van der Waals surface area contributed by atoms with Crippen LogP contribution in [0.1, 0.15) is 57.2 Å². The average Bonchev–Trinajstić information content (AvgIpc) is 2.99. The molecular formula is C13H23N3. The molecule has 3 heteroatoms. The molecule has 0 unspecified atom stereocenters. The van der Waals surface area contributed by atoms with Crippen molar-refractivity contribution >= 4 is 0 Å². The van der Waals surface area contributed by atoms with Crippen LogP contribution in [0, 0.1) is 0 Å². The maximum absolute atomic E-state index is 4.52. The van der Waals surface area contributed by atoms with Crippen molar-refractivity contribution in [2.45, 2.75) is 65.1 Å². The van der Waals surface area contributed by atoms with Gasteiger partial charge in [-0.3, -0.25) is 4.68 Å². The second-order valence-corrected chi connectivity index (χ2v) is 5.09. The van der Waals surface area contributed by atoms with Gasteiger partial charge >= 0.3 is 0 Å². The van der Waals surface area contributed by atoms with Crippen molar-refractivity contribution in [2.75, 3.05) is 0 Å². The lowest BCUT2D eigenvalue weighted by Gasteiger charge is -2.10. The molecule has 1 aliphatic rings. The molecule has 1 N–H and O–H groups in total. The van der Waals surface area contributed by atoms with Gasteiger partial charge in [0.15, 0.2) is 0 Å². The Hall–Kier alpha value is -0.830. The Morgan fingerprint density at radius 3 is 2.81 bits per heavy atom. The molecule has 0 aliphatic heterocycles. The SMILES string of the molecule is CCCn1ncc(CNC(C)C)c1C1CC1. The molecular weight excluding hydrogens is 198 g/mol. The number of nitrogens with zero attached hydrogens (tertiary/aromatic N) is 2. The third-order valence-electron chi connectivity index (χ3n) is 3.06. The van der Waals surface area contributed by atoms with Crippen molar-refractivity contribution in [2.24, 2.45) is 0 Å². The van der Waals surface area contributed by atoms with Crippen molar-refractivity contribution in [3.05, 3.63) is 17.5 Å². The highest BCUT2D eigenvalue weighted by atomic mass is 15.3. The fraction of sp³-hybridized carbons (Fsp3) is 0.769. The Bertz CT molecular complexity index is 337. The molecule has 1 heterocycles. The number of aromatic nitrogens is 2. The summed E-state index contributed by atoms with van der Waals surface area (Å²) in [6.45, 7) is 8.62. The van der Waals surface area contributed by atoms with E-state index in [0.717, 1.165) is 19.0 Å². The first-order valence-corrected chi connectivity index (χ1v) is 6.50. The van der Waals surface area contributed by atoms with Gasteiger partial charge in [-0.2, -0.15) is 5.10 Å². The maximum atomic E-state index is 4.52. The lowest BCUT2D eigenvalue weighted by molar-refractivity contribution is 0.563. The van der Waals surface area contributed by atoms with Crippen LogP contribution in [0.15, 0.2) is 6.20 Å². The van der Waals surface area contributed by atoms with Crippen molar-refractivity contribution in [3.8, 4) is 0 Å². The fourth-order valence-corrected chi connectivity index (χ4v) is 2.10. The second kappa shape index (κ2) is 5.00. The van der Waals surface area contributed by atoms with Crippen molar-refractivity contribution < 1.29 is 0 Å². The molecule has 0 spiro atoms. The van der Waals surface area contributed by atoms with Crippen molar-refractivity contribution in [1.29, 1.82) is 0 Å². The minimum absolute atomic E-state index is 0.543. The third-order valence-corrected chi connectivity index (χ3v) is 3.06. The topological polar surface area (TPSA) is 29.9 Å². The Kier molecular flexibility index (Phi) is 3.64. The van der Waals surface area contributed by atoms with Gasteiger partial charge in [0.2, 0.25) is 0 Å². The lowest BCUT2D eigenvalue weighted by atomic mass is 10.1.